The second-order valence-corrected chi connectivity index (χ2v) is 7.25. The third-order valence-electron chi connectivity index (χ3n) is 4.74. The van der Waals surface area contributed by atoms with Crippen LogP contribution in [0.4, 0.5) is 5.69 Å². The Morgan fingerprint density at radius 1 is 1.03 bits per heavy atom. The lowest BCUT2D eigenvalue weighted by atomic mass is 10.1. The van der Waals surface area contributed by atoms with Crippen LogP contribution in [0, 0.1) is 0 Å². The Morgan fingerprint density at radius 2 is 1.83 bits per heavy atom. The summed E-state index contributed by atoms with van der Waals surface area (Å²) in [4.78, 5) is 7.13. The van der Waals surface area contributed by atoms with Gasteiger partial charge in [-0.2, -0.15) is 0 Å². The Bertz CT molecular complexity index is 923. The third kappa shape index (κ3) is 6.40. The fourth-order valence-electron chi connectivity index (χ4n) is 3.28. The molecule has 1 heterocycles. The van der Waals surface area contributed by atoms with Gasteiger partial charge in [0.15, 0.2) is 0 Å². The Hall–Kier alpha value is -1.17. The first-order valence-corrected chi connectivity index (χ1v) is 10.2. The molecule has 0 spiro atoms. The van der Waals surface area contributed by atoms with Gasteiger partial charge in [0.05, 0.1) is 23.8 Å². The number of aromatic nitrogens is 1. The zero-order chi connectivity index (χ0) is 19.2. The molecule has 1 N–H and O–H groups in total. The maximum absolute atomic E-state index is 6.18. The number of rotatable bonds is 9. The van der Waals surface area contributed by atoms with Crippen molar-refractivity contribution in [2.24, 2.45) is 0 Å². The lowest BCUT2D eigenvalue weighted by Crippen LogP contribution is -2.27. The van der Waals surface area contributed by atoms with E-state index in [-0.39, 0.29) is 24.8 Å². The van der Waals surface area contributed by atoms with Gasteiger partial charge in [0.2, 0.25) is 0 Å². The van der Waals surface area contributed by atoms with Crippen molar-refractivity contribution < 1.29 is 4.74 Å². The Labute approximate surface area is 194 Å². The molecule has 0 atom stereocenters. The van der Waals surface area contributed by atoms with Crippen molar-refractivity contribution >= 4 is 75.5 Å². The minimum absolute atomic E-state index is 0. The Balaban J connectivity index is 0.00000210. The molecule has 3 aromatic rings. The van der Waals surface area contributed by atoms with E-state index in [1.54, 1.807) is 7.11 Å². The van der Waals surface area contributed by atoms with Crippen LogP contribution in [0.5, 0.6) is 5.75 Å². The van der Waals surface area contributed by atoms with Crippen LogP contribution in [0.3, 0.4) is 0 Å². The summed E-state index contributed by atoms with van der Waals surface area (Å²) in [6.45, 7) is 6.00. The fourth-order valence-corrected chi connectivity index (χ4v) is 3.68. The van der Waals surface area contributed by atoms with Crippen molar-refractivity contribution in [2.75, 3.05) is 44.5 Å². The molecule has 0 aliphatic heterocycles. The summed E-state index contributed by atoms with van der Waals surface area (Å²) in [6.07, 6.45) is 1.04. The molecule has 3 rings (SSSR count). The highest BCUT2D eigenvalue weighted by Gasteiger charge is 2.11. The fraction of sp³-hybridized carbons (Fsp3) is 0.381. The van der Waals surface area contributed by atoms with Crippen LogP contribution in [0.1, 0.15) is 13.3 Å². The lowest BCUT2D eigenvalue weighted by Gasteiger charge is -2.19. The number of fused-ring (bicyclic) bond motifs is 2. The van der Waals surface area contributed by atoms with Crippen molar-refractivity contribution in [1.29, 1.82) is 0 Å². The Kier molecular flexibility index (Phi) is 11.2. The van der Waals surface area contributed by atoms with E-state index in [0.29, 0.717) is 10.9 Å². The summed E-state index contributed by atoms with van der Waals surface area (Å²) in [6, 6.07) is 11.8. The maximum atomic E-state index is 6.18. The van der Waals surface area contributed by atoms with Crippen LogP contribution in [0.25, 0.3) is 21.8 Å². The monoisotopic (exact) mass is 477 g/mol. The van der Waals surface area contributed by atoms with E-state index in [4.69, 9.17) is 32.9 Å². The molecule has 0 aliphatic rings. The van der Waals surface area contributed by atoms with E-state index in [9.17, 15) is 0 Å². The van der Waals surface area contributed by atoms with Crippen LogP contribution in [0.2, 0.25) is 5.02 Å². The molecule has 0 amide bonds. The number of ether oxygens (including phenoxy) is 1. The van der Waals surface area contributed by atoms with Crippen LogP contribution in [-0.2, 0) is 0 Å². The number of halogens is 4. The van der Waals surface area contributed by atoms with E-state index in [0.717, 1.165) is 65.8 Å². The van der Waals surface area contributed by atoms with E-state index in [2.05, 4.69) is 17.1 Å². The summed E-state index contributed by atoms with van der Waals surface area (Å²) >= 11 is 12.0. The maximum Gasteiger partial charge on any atom is 0.119 e. The molecule has 29 heavy (non-hydrogen) atoms. The SMILES string of the molecule is CCN(CCCl)CCCNc1c2ccc(Cl)cc2nc2ccc(OC)cc12.Cl.Cl. The van der Waals surface area contributed by atoms with E-state index >= 15 is 0 Å². The van der Waals surface area contributed by atoms with Crippen molar-refractivity contribution in [3.05, 3.63) is 41.4 Å². The second kappa shape index (κ2) is 12.5. The van der Waals surface area contributed by atoms with Crippen LogP contribution in [0.15, 0.2) is 36.4 Å². The largest absolute Gasteiger partial charge is 0.497 e. The highest BCUT2D eigenvalue weighted by molar-refractivity contribution is 6.31. The molecule has 0 fully saturated rings. The van der Waals surface area contributed by atoms with Crippen LogP contribution < -0.4 is 10.1 Å². The van der Waals surface area contributed by atoms with Gasteiger partial charge in [0.25, 0.3) is 0 Å². The highest BCUT2D eigenvalue weighted by Crippen LogP contribution is 2.34. The van der Waals surface area contributed by atoms with Crippen molar-refractivity contribution in [3.63, 3.8) is 0 Å². The number of hydrogen-bond acceptors (Lipinski definition) is 4. The Morgan fingerprint density at radius 3 is 2.52 bits per heavy atom. The molecule has 0 aliphatic carbocycles. The van der Waals surface area contributed by atoms with Gasteiger partial charge in [-0.1, -0.05) is 18.5 Å². The van der Waals surface area contributed by atoms with Gasteiger partial charge in [0, 0.05) is 34.8 Å². The second-order valence-electron chi connectivity index (χ2n) is 6.43. The molecule has 1 aromatic heterocycles. The molecule has 0 radical (unpaired) electrons. The number of nitrogens with one attached hydrogen (secondary N) is 1. The number of hydrogen-bond donors (Lipinski definition) is 1. The molecule has 160 valence electrons. The quantitative estimate of drug-likeness (QED) is 0.224. The van der Waals surface area contributed by atoms with E-state index < -0.39 is 0 Å². The first-order chi connectivity index (χ1) is 13.2. The number of anilines is 1. The van der Waals surface area contributed by atoms with Crippen molar-refractivity contribution in [2.45, 2.75) is 13.3 Å². The van der Waals surface area contributed by atoms with Gasteiger partial charge in [-0.3, -0.25) is 0 Å². The minimum Gasteiger partial charge on any atom is -0.497 e. The molecule has 0 unspecified atom stereocenters. The van der Waals surface area contributed by atoms with Crippen LogP contribution >= 0.6 is 48.0 Å². The average Bonchev–Trinajstić information content (AvgIpc) is 2.68. The van der Waals surface area contributed by atoms with Crippen molar-refractivity contribution in [3.8, 4) is 5.75 Å². The minimum atomic E-state index is 0. The molecular weight excluding hydrogens is 452 g/mol. The smallest absolute Gasteiger partial charge is 0.119 e. The van der Waals surface area contributed by atoms with Gasteiger partial charge in [-0.15, -0.1) is 36.4 Å². The predicted octanol–water partition coefficient (Wildman–Crippen LogP) is 6.26. The van der Waals surface area contributed by atoms with Gasteiger partial charge >= 0.3 is 0 Å². The summed E-state index contributed by atoms with van der Waals surface area (Å²) in [7, 11) is 1.68. The number of methoxy groups -OCH3 is 1. The van der Waals surface area contributed by atoms with E-state index in [1.807, 2.05) is 36.4 Å². The number of benzene rings is 2. The number of pyridine rings is 1. The van der Waals surface area contributed by atoms with Gasteiger partial charge in [-0.05, 0) is 55.9 Å². The topological polar surface area (TPSA) is 37.4 Å². The molecule has 0 saturated carbocycles. The average molecular weight is 479 g/mol. The summed E-state index contributed by atoms with van der Waals surface area (Å²) in [5, 5.41) is 6.43. The molecule has 2 aromatic carbocycles. The number of alkyl halides is 1. The van der Waals surface area contributed by atoms with Gasteiger partial charge < -0.3 is 15.0 Å². The lowest BCUT2D eigenvalue weighted by molar-refractivity contribution is 0.304. The summed E-state index contributed by atoms with van der Waals surface area (Å²) in [5.41, 5.74) is 2.89. The zero-order valence-electron chi connectivity index (χ0n) is 16.6. The third-order valence-corrected chi connectivity index (χ3v) is 5.15. The molecular formula is C21H27Cl4N3O. The summed E-state index contributed by atoms with van der Waals surface area (Å²) in [5.74, 6) is 1.49. The van der Waals surface area contributed by atoms with Crippen LogP contribution in [-0.4, -0.2) is 49.1 Å². The first-order valence-electron chi connectivity index (χ1n) is 9.25. The van der Waals surface area contributed by atoms with Gasteiger partial charge in [0.1, 0.15) is 5.75 Å². The molecule has 8 heteroatoms. The van der Waals surface area contributed by atoms with E-state index in [1.165, 1.54) is 0 Å². The normalized spacial score (nSPS) is 10.7. The molecule has 0 bridgehead atoms. The summed E-state index contributed by atoms with van der Waals surface area (Å²) < 4.78 is 5.41. The standard InChI is InChI=1S/C21H25Cl2N3O.2ClH/c1-3-26(12-9-22)11-4-10-24-21-17-7-5-15(23)13-20(17)25-19-8-6-16(27-2)14-18(19)21;;/h5-8,13-14H,3-4,9-12H2,1-2H3,(H,24,25);2*1H. The first kappa shape index (κ1) is 25.9. The molecule has 0 saturated heterocycles. The molecule has 4 nitrogen and oxygen atoms in total. The zero-order valence-corrected chi connectivity index (χ0v) is 19.7. The highest BCUT2D eigenvalue weighted by atomic mass is 35.5. The van der Waals surface area contributed by atoms with Crippen molar-refractivity contribution in [1.82, 2.24) is 9.88 Å². The van der Waals surface area contributed by atoms with Gasteiger partial charge in [-0.25, -0.2) is 4.98 Å². The predicted molar refractivity (Wildman–Crippen MR) is 131 cm³/mol. The number of nitrogens with zero attached hydrogens (tertiary/aromatic N) is 2.